The number of anilines is 1. The molecular formula is C21H26N2O2. The minimum Gasteiger partial charge on any atom is -0.497 e. The van der Waals surface area contributed by atoms with Crippen LogP contribution in [0.3, 0.4) is 0 Å². The minimum absolute atomic E-state index is 0.796. The summed E-state index contributed by atoms with van der Waals surface area (Å²) >= 11 is 0. The Hall–Kier alpha value is -2.46. The van der Waals surface area contributed by atoms with Gasteiger partial charge in [-0.3, -0.25) is 0 Å². The van der Waals surface area contributed by atoms with Crippen molar-refractivity contribution in [3.05, 3.63) is 53.6 Å². The van der Waals surface area contributed by atoms with Gasteiger partial charge >= 0.3 is 0 Å². The molecule has 0 saturated carbocycles. The lowest BCUT2D eigenvalue weighted by Crippen LogP contribution is -2.44. The summed E-state index contributed by atoms with van der Waals surface area (Å²) in [4.78, 5) is 4.82. The number of nitrogens with zero attached hydrogens (tertiary/aromatic N) is 2. The van der Waals surface area contributed by atoms with Gasteiger partial charge in [-0.05, 0) is 42.4 Å². The van der Waals surface area contributed by atoms with Crippen molar-refractivity contribution in [2.45, 2.75) is 0 Å². The van der Waals surface area contributed by atoms with Crippen LogP contribution in [0.25, 0.3) is 12.2 Å². The van der Waals surface area contributed by atoms with E-state index in [1.54, 1.807) is 14.2 Å². The normalized spacial score (nSPS) is 15.6. The fraction of sp³-hybridized carbons (Fsp3) is 0.333. The number of benzene rings is 2. The van der Waals surface area contributed by atoms with Gasteiger partial charge in [0.1, 0.15) is 11.5 Å². The third-order valence-corrected chi connectivity index (χ3v) is 4.60. The van der Waals surface area contributed by atoms with E-state index in [1.165, 1.54) is 11.3 Å². The summed E-state index contributed by atoms with van der Waals surface area (Å²) in [6, 6.07) is 14.6. The molecule has 0 N–H and O–H groups in total. The first-order chi connectivity index (χ1) is 12.2. The molecule has 1 aliphatic rings. The van der Waals surface area contributed by atoms with Gasteiger partial charge in [0.15, 0.2) is 0 Å². The van der Waals surface area contributed by atoms with Crippen LogP contribution in [0, 0.1) is 0 Å². The highest BCUT2D eigenvalue weighted by molar-refractivity contribution is 5.72. The molecule has 3 rings (SSSR count). The third kappa shape index (κ3) is 4.54. The van der Waals surface area contributed by atoms with Crippen molar-refractivity contribution in [2.75, 3.05) is 52.3 Å². The van der Waals surface area contributed by atoms with Crippen LogP contribution >= 0.6 is 0 Å². The molecule has 0 radical (unpaired) electrons. The highest BCUT2D eigenvalue weighted by Gasteiger charge is 2.13. The van der Waals surface area contributed by atoms with Gasteiger partial charge in [0.2, 0.25) is 0 Å². The van der Waals surface area contributed by atoms with Crippen LogP contribution in [0.4, 0.5) is 5.69 Å². The summed E-state index contributed by atoms with van der Waals surface area (Å²) in [7, 11) is 5.51. The molecule has 1 fully saturated rings. The van der Waals surface area contributed by atoms with Gasteiger partial charge in [0, 0.05) is 37.9 Å². The second-order valence-corrected chi connectivity index (χ2v) is 6.36. The van der Waals surface area contributed by atoms with Crippen LogP contribution in [-0.4, -0.2) is 52.3 Å². The molecule has 0 aromatic heterocycles. The predicted octanol–water partition coefficient (Wildman–Crippen LogP) is 3.63. The molecule has 0 spiro atoms. The Morgan fingerprint density at radius 3 is 1.88 bits per heavy atom. The molecule has 4 heteroatoms. The van der Waals surface area contributed by atoms with E-state index in [0.717, 1.165) is 43.2 Å². The van der Waals surface area contributed by atoms with Gasteiger partial charge in [-0.2, -0.15) is 0 Å². The molecule has 0 atom stereocenters. The summed E-state index contributed by atoms with van der Waals surface area (Å²) in [5.74, 6) is 1.59. The Morgan fingerprint density at radius 1 is 0.760 bits per heavy atom. The maximum atomic E-state index is 5.32. The van der Waals surface area contributed by atoms with Gasteiger partial charge in [-0.1, -0.05) is 24.3 Å². The Labute approximate surface area is 150 Å². The predicted molar refractivity (Wildman–Crippen MR) is 105 cm³/mol. The van der Waals surface area contributed by atoms with Crippen molar-refractivity contribution in [3.8, 4) is 11.5 Å². The van der Waals surface area contributed by atoms with E-state index in [0.29, 0.717) is 0 Å². The standard InChI is InChI=1S/C21H26N2O2/c1-22-10-12-23(13-11-22)19-8-6-17(7-9-19)4-5-18-14-20(24-2)16-21(15-18)25-3/h4-9,14-16H,10-13H2,1-3H3/b5-4+. The fourth-order valence-electron chi connectivity index (χ4n) is 2.98. The molecule has 4 nitrogen and oxygen atoms in total. The first-order valence-corrected chi connectivity index (χ1v) is 8.62. The van der Waals surface area contributed by atoms with Crippen molar-refractivity contribution in [1.82, 2.24) is 4.90 Å². The molecule has 0 aliphatic carbocycles. The van der Waals surface area contributed by atoms with Crippen LogP contribution in [0.5, 0.6) is 11.5 Å². The van der Waals surface area contributed by atoms with Crippen LogP contribution in [-0.2, 0) is 0 Å². The van der Waals surface area contributed by atoms with Crippen LogP contribution in [0.2, 0.25) is 0 Å². The Balaban J connectivity index is 1.70. The zero-order chi connectivity index (χ0) is 17.6. The molecule has 25 heavy (non-hydrogen) atoms. The number of hydrogen-bond acceptors (Lipinski definition) is 4. The average molecular weight is 338 g/mol. The molecule has 1 heterocycles. The van der Waals surface area contributed by atoms with Crippen molar-refractivity contribution in [2.24, 2.45) is 0 Å². The van der Waals surface area contributed by atoms with Crippen molar-refractivity contribution >= 4 is 17.8 Å². The maximum Gasteiger partial charge on any atom is 0.123 e. The molecule has 132 valence electrons. The Bertz CT molecular complexity index is 695. The smallest absolute Gasteiger partial charge is 0.123 e. The molecular weight excluding hydrogens is 312 g/mol. The number of ether oxygens (including phenoxy) is 2. The topological polar surface area (TPSA) is 24.9 Å². The minimum atomic E-state index is 0.796. The SMILES string of the molecule is COc1cc(/C=C/c2ccc(N3CCN(C)CC3)cc2)cc(OC)c1. The van der Waals surface area contributed by atoms with Crippen molar-refractivity contribution in [1.29, 1.82) is 0 Å². The quantitative estimate of drug-likeness (QED) is 0.778. The van der Waals surface area contributed by atoms with E-state index < -0.39 is 0 Å². The van der Waals surface area contributed by atoms with E-state index >= 15 is 0 Å². The number of piperazine rings is 1. The molecule has 2 aromatic rings. The first-order valence-electron chi connectivity index (χ1n) is 8.62. The van der Waals surface area contributed by atoms with E-state index in [-0.39, 0.29) is 0 Å². The molecule has 2 aromatic carbocycles. The molecule has 1 saturated heterocycles. The van der Waals surface area contributed by atoms with Crippen molar-refractivity contribution < 1.29 is 9.47 Å². The van der Waals surface area contributed by atoms with E-state index in [4.69, 9.17) is 9.47 Å². The number of likely N-dealkylation sites (N-methyl/N-ethyl adjacent to an activating group) is 1. The summed E-state index contributed by atoms with van der Waals surface area (Å²) in [6.07, 6.45) is 4.19. The summed E-state index contributed by atoms with van der Waals surface area (Å²) < 4.78 is 10.6. The van der Waals surface area contributed by atoms with Crippen LogP contribution < -0.4 is 14.4 Å². The Morgan fingerprint density at radius 2 is 1.32 bits per heavy atom. The van der Waals surface area contributed by atoms with E-state index in [9.17, 15) is 0 Å². The monoisotopic (exact) mass is 338 g/mol. The number of methoxy groups -OCH3 is 2. The third-order valence-electron chi connectivity index (χ3n) is 4.60. The highest BCUT2D eigenvalue weighted by atomic mass is 16.5. The van der Waals surface area contributed by atoms with E-state index in [2.05, 4.69) is 53.3 Å². The van der Waals surface area contributed by atoms with E-state index in [1.807, 2.05) is 18.2 Å². The lowest BCUT2D eigenvalue weighted by Gasteiger charge is -2.34. The summed E-state index contributed by atoms with van der Waals surface area (Å²) in [5, 5.41) is 0. The summed E-state index contributed by atoms with van der Waals surface area (Å²) in [6.45, 7) is 4.43. The first kappa shape index (κ1) is 17.4. The summed E-state index contributed by atoms with van der Waals surface area (Å²) in [5.41, 5.74) is 3.53. The van der Waals surface area contributed by atoms with Gasteiger partial charge in [0.05, 0.1) is 14.2 Å². The number of hydrogen-bond donors (Lipinski definition) is 0. The Kier molecular flexibility index (Phi) is 5.61. The second kappa shape index (κ2) is 8.08. The second-order valence-electron chi connectivity index (χ2n) is 6.36. The average Bonchev–Trinajstić information content (AvgIpc) is 2.67. The van der Waals surface area contributed by atoms with Gasteiger partial charge in [-0.25, -0.2) is 0 Å². The zero-order valence-corrected chi connectivity index (χ0v) is 15.2. The molecule has 0 bridgehead atoms. The maximum absolute atomic E-state index is 5.32. The van der Waals surface area contributed by atoms with Crippen LogP contribution in [0.15, 0.2) is 42.5 Å². The molecule has 1 aliphatic heterocycles. The van der Waals surface area contributed by atoms with Gasteiger partial charge < -0.3 is 19.3 Å². The zero-order valence-electron chi connectivity index (χ0n) is 15.2. The lowest BCUT2D eigenvalue weighted by molar-refractivity contribution is 0.313. The van der Waals surface area contributed by atoms with Crippen molar-refractivity contribution in [3.63, 3.8) is 0 Å². The molecule has 0 amide bonds. The molecule has 0 unspecified atom stereocenters. The lowest BCUT2D eigenvalue weighted by atomic mass is 10.1. The number of rotatable bonds is 5. The fourth-order valence-corrected chi connectivity index (χ4v) is 2.98. The van der Waals surface area contributed by atoms with Gasteiger partial charge in [0.25, 0.3) is 0 Å². The van der Waals surface area contributed by atoms with Gasteiger partial charge in [-0.15, -0.1) is 0 Å². The highest BCUT2D eigenvalue weighted by Crippen LogP contribution is 2.24. The largest absolute Gasteiger partial charge is 0.497 e. The van der Waals surface area contributed by atoms with Crippen LogP contribution in [0.1, 0.15) is 11.1 Å².